The molecule has 0 saturated heterocycles. The van der Waals surface area contributed by atoms with Crippen LogP contribution in [0.25, 0.3) is 11.3 Å². The number of amides is 1. The van der Waals surface area contributed by atoms with Crippen molar-refractivity contribution in [2.45, 2.75) is 6.92 Å². The first kappa shape index (κ1) is 18.2. The number of thiazole rings is 1. The first-order valence-electron chi connectivity index (χ1n) is 8.01. The zero-order valence-electron chi connectivity index (χ0n) is 14.1. The summed E-state index contributed by atoms with van der Waals surface area (Å²) >= 11 is 7.17. The van der Waals surface area contributed by atoms with E-state index >= 15 is 0 Å². The van der Waals surface area contributed by atoms with Crippen molar-refractivity contribution in [3.8, 4) is 22.8 Å². The molecule has 1 amide bonds. The van der Waals surface area contributed by atoms with Gasteiger partial charge in [-0.15, -0.1) is 11.3 Å². The van der Waals surface area contributed by atoms with Crippen LogP contribution >= 0.6 is 22.9 Å². The molecule has 0 radical (unpaired) electrons. The fraction of sp³-hybridized carbons (Fsp3) is 0.158. The monoisotopic (exact) mass is 388 g/mol. The number of nitrogens with zero attached hydrogens (tertiary/aromatic N) is 1. The molecule has 5 nitrogen and oxygen atoms in total. The van der Waals surface area contributed by atoms with E-state index in [0.29, 0.717) is 22.5 Å². The van der Waals surface area contributed by atoms with Gasteiger partial charge in [-0.25, -0.2) is 4.98 Å². The lowest BCUT2D eigenvalue weighted by Gasteiger charge is -2.07. The number of benzene rings is 2. The quantitative estimate of drug-likeness (QED) is 0.626. The smallest absolute Gasteiger partial charge is 0.264 e. The normalized spacial score (nSPS) is 10.4. The van der Waals surface area contributed by atoms with Crippen molar-refractivity contribution < 1.29 is 14.3 Å². The van der Waals surface area contributed by atoms with Gasteiger partial charge in [0.15, 0.2) is 11.7 Å². The number of para-hydroxylation sites is 1. The molecule has 2 aromatic carbocycles. The second kappa shape index (κ2) is 8.69. The maximum Gasteiger partial charge on any atom is 0.264 e. The molecule has 134 valence electrons. The molecule has 0 aliphatic heterocycles. The summed E-state index contributed by atoms with van der Waals surface area (Å²) in [6.45, 7) is 2.41. The highest BCUT2D eigenvalue weighted by atomic mass is 35.5. The predicted molar refractivity (Wildman–Crippen MR) is 104 cm³/mol. The van der Waals surface area contributed by atoms with Gasteiger partial charge in [0, 0.05) is 16.0 Å². The molecule has 3 rings (SSSR count). The molecule has 0 saturated carbocycles. The Morgan fingerprint density at radius 2 is 1.92 bits per heavy atom. The largest absolute Gasteiger partial charge is 0.493 e. The average Bonchev–Trinajstić information content (AvgIpc) is 3.10. The van der Waals surface area contributed by atoms with Crippen molar-refractivity contribution >= 4 is 34.0 Å². The van der Waals surface area contributed by atoms with Gasteiger partial charge in [0.2, 0.25) is 0 Å². The van der Waals surface area contributed by atoms with Crippen LogP contribution in [0.1, 0.15) is 6.92 Å². The van der Waals surface area contributed by atoms with E-state index in [4.69, 9.17) is 21.1 Å². The number of anilines is 1. The third kappa shape index (κ3) is 4.74. The summed E-state index contributed by atoms with van der Waals surface area (Å²) in [5.74, 6) is 1.07. The van der Waals surface area contributed by atoms with Crippen molar-refractivity contribution in [1.82, 2.24) is 4.98 Å². The molecule has 0 atom stereocenters. The van der Waals surface area contributed by atoms with Gasteiger partial charge in [0.1, 0.15) is 11.5 Å². The van der Waals surface area contributed by atoms with Crippen LogP contribution in [0.15, 0.2) is 53.9 Å². The summed E-state index contributed by atoms with van der Waals surface area (Å²) in [6.07, 6.45) is 0. The molecule has 1 heterocycles. The van der Waals surface area contributed by atoms with E-state index in [0.717, 1.165) is 17.0 Å². The van der Waals surface area contributed by atoms with Crippen LogP contribution in [0.5, 0.6) is 11.5 Å². The third-order valence-corrected chi connectivity index (χ3v) is 4.41. The maximum absolute atomic E-state index is 12.0. The van der Waals surface area contributed by atoms with Gasteiger partial charge >= 0.3 is 0 Å². The first-order valence-corrected chi connectivity index (χ1v) is 9.27. The van der Waals surface area contributed by atoms with Gasteiger partial charge in [-0.2, -0.15) is 0 Å². The number of carbonyl (C=O) groups excluding carboxylic acids is 1. The Morgan fingerprint density at radius 3 is 2.69 bits per heavy atom. The Morgan fingerprint density at radius 1 is 1.15 bits per heavy atom. The Kier molecular flexibility index (Phi) is 6.09. The molecular weight excluding hydrogens is 372 g/mol. The van der Waals surface area contributed by atoms with E-state index in [1.165, 1.54) is 11.3 Å². The zero-order valence-corrected chi connectivity index (χ0v) is 15.6. The number of ether oxygens (including phenoxy) is 2. The second-order valence-corrected chi connectivity index (χ2v) is 6.55. The molecule has 0 unspecified atom stereocenters. The minimum absolute atomic E-state index is 0.105. The Labute approximate surface area is 160 Å². The van der Waals surface area contributed by atoms with Gasteiger partial charge in [-0.1, -0.05) is 23.7 Å². The van der Waals surface area contributed by atoms with Crippen molar-refractivity contribution in [2.24, 2.45) is 0 Å². The molecule has 0 spiro atoms. The van der Waals surface area contributed by atoms with Crippen molar-refractivity contribution in [2.75, 3.05) is 18.5 Å². The van der Waals surface area contributed by atoms with E-state index < -0.39 is 0 Å². The average molecular weight is 389 g/mol. The SMILES string of the molecule is CCOc1ccccc1-c1csc(NC(=O)COc2ccc(Cl)cc2)n1. The summed E-state index contributed by atoms with van der Waals surface area (Å²) < 4.78 is 11.0. The van der Waals surface area contributed by atoms with Crippen molar-refractivity contribution in [3.05, 3.63) is 58.9 Å². The summed E-state index contributed by atoms with van der Waals surface area (Å²) in [7, 11) is 0. The topological polar surface area (TPSA) is 60.5 Å². The van der Waals surface area contributed by atoms with Crippen LogP contribution in [-0.2, 0) is 4.79 Å². The van der Waals surface area contributed by atoms with Crippen LogP contribution in [-0.4, -0.2) is 24.1 Å². The van der Waals surface area contributed by atoms with Gasteiger partial charge in [0.05, 0.1) is 12.3 Å². The number of rotatable bonds is 7. The highest BCUT2D eigenvalue weighted by Gasteiger charge is 2.12. The molecule has 0 fully saturated rings. The minimum atomic E-state index is -0.279. The summed E-state index contributed by atoms with van der Waals surface area (Å²) in [4.78, 5) is 16.5. The molecule has 0 aliphatic rings. The first-order chi connectivity index (χ1) is 12.7. The molecule has 0 aliphatic carbocycles. The van der Waals surface area contributed by atoms with Gasteiger partial charge in [-0.3, -0.25) is 10.1 Å². The zero-order chi connectivity index (χ0) is 18.4. The molecule has 7 heteroatoms. The highest BCUT2D eigenvalue weighted by Crippen LogP contribution is 2.32. The maximum atomic E-state index is 12.0. The number of carbonyl (C=O) groups is 1. The van der Waals surface area contributed by atoms with E-state index in [-0.39, 0.29) is 12.5 Å². The van der Waals surface area contributed by atoms with Crippen LogP contribution in [0.3, 0.4) is 0 Å². The molecule has 26 heavy (non-hydrogen) atoms. The summed E-state index contributed by atoms with van der Waals surface area (Å²) in [5, 5.41) is 5.75. The standard InChI is InChI=1S/C19H17ClN2O3S/c1-2-24-17-6-4-3-5-15(17)16-12-26-19(21-16)22-18(23)11-25-14-9-7-13(20)8-10-14/h3-10,12H,2,11H2,1H3,(H,21,22,23). The third-order valence-electron chi connectivity index (χ3n) is 3.40. The van der Waals surface area contributed by atoms with Crippen LogP contribution < -0.4 is 14.8 Å². The molecular formula is C19H17ClN2O3S. The lowest BCUT2D eigenvalue weighted by Crippen LogP contribution is -2.20. The van der Waals surface area contributed by atoms with E-state index in [1.54, 1.807) is 24.3 Å². The highest BCUT2D eigenvalue weighted by molar-refractivity contribution is 7.14. The Bertz CT molecular complexity index is 881. The molecule has 1 aromatic heterocycles. The van der Waals surface area contributed by atoms with Crippen molar-refractivity contribution in [3.63, 3.8) is 0 Å². The van der Waals surface area contributed by atoms with Crippen LogP contribution in [0.2, 0.25) is 5.02 Å². The number of halogens is 1. The number of nitrogens with one attached hydrogen (secondary N) is 1. The fourth-order valence-corrected chi connectivity index (χ4v) is 3.10. The lowest BCUT2D eigenvalue weighted by molar-refractivity contribution is -0.118. The second-order valence-electron chi connectivity index (χ2n) is 5.26. The summed E-state index contributed by atoms with van der Waals surface area (Å²) in [6, 6.07) is 14.5. The van der Waals surface area contributed by atoms with Crippen LogP contribution in [0, 0.1) is 0 Å². The number of hydrogen-bond acceptors (Lipinski definition) is 5. The Hall–Kier alpha value is -2.57. The van der Waals surface area contributed by atoms with E-state index in [1.807, 2.05) is 36.6 Å². The van der Waals surface area contributed by atoms with Gasteiger partial charge in [0.25, 0.3) is 5.91 Å². The van der Waals surface area contributed by atoms with E-state index in [2.05, 4.69) is 10.3 Å². The van der Waals surface area contributed by atoms with Gasteiger partial charge < -0.3 is 9.47 Å². The number of hydrogen-bond donors (Lipinski definition) is 1. The Balaban J connectivity index is 1.61. The fourth-order valence-electron chi connectivity index (χ4n) is 2.25. The predicted octanol–water partition coefficient (Wildman–Crippen LogP) is 4.88. The molecule has 0 bridgehead atoms. The lowest BCUT2D eigenvalue weighted by atomic mass is 10.1. The number of aromatic nitrogens is 1. The van der Waals surface area contributed by atoms with Gasteiger partial charge in [-0.05, 0) is 43.3 Å². The van der Waals surface area contributed by atoms with E-state index in [9.17, 15) is 4.79 Å². The molecule has 1 N–H and O–H groups in total. The minimum Gasteiger partial charge on any atom is -0.493 e. The summed E-state index contributed by atoms with van der Waals surface area (Å²) in [5.41, 5.74) is 1.65. The molecule has 3 aromatic rings. The van der Waals surface area contributed by atoms with Crippen molar-refractivity contribution in [1.29, 1.82) is 0 Å². The van der Waals surface area contributed by atoms with Crippen LogP contribution in [0.4, 0.5) is 5.13 Å².